The van der Waals surface area contributed by atoms with Gasteiger partial charge < -0.3 is 4.90 Å². The number of carbonyl (C=O) groups is 1. The first-order valence-electron chi connectivity index (χ1n) is 7.46. The molecule has 0 aliphatic carbocycles. The molecule has 0 aliphatic rings. The summed E-state index contributed by atoms with van der Waals surface area (Å²) in [6, 6.07) is 20.3. The number of hydrogen-bond donors (Lipinski definition) is 0. The van der Waals surface area contributed by atoms with Crippen LogP contribution in [0.1, 0.15) is 5.01 Å². The number of thiazole rings is 1. The van der Waals surface area contributed by atoms with Gasteiger partial charge in [0.2, 0.25) is 5.91 Å². The molecule has 3 nitrogen and oxygen atoms in total. The van der Waals surface area contributed by atoms with Crippen molar-refractivity contribution in [2.75, 3.05) is 14.1 Å². The molecule has 0 aliphatic heterocycles. The van der Waals surface area contributed by atoms with Gasteiger partial charge in [0.25, 0.3) is 0 Å². The van der Waals surface area contributed by atoms with Gasteiger partial charge in [-0.25, -0.2) is 4.98 Å². The Morgan fingerprint density at radius 3 is 2.09 bits per heavy atom. The highest BCUT2D eigenvalue weighted by Gasteiger charge is 2.17. The maximum Gasteiger partial charge on any atom is 0.228 e. The van der Waals surface area contributed by atoms with Crippen molar-refractivity contribution in [1.82, 2.24) is 9.88 Å². The van der Waals surface area contributed by atoms with E-state index in [4.69, 9.17) is 4.98 Å². The molecule has 1 heterocycles. The van der Waals surface area contributed by atoms with Gasteiger partial charge in [0.1, 0.15) is 5.01 Å². The molecule has 116 valence electrons. The molecule has 1 aromatic heterocycles. The number of hydrogen-bond acceptors (Lipinski definition) is 3. The van der Waals surface area contributed by atoms with Crippen molar-refractivity contribution in [2.45, 2.75) is 6.42 Å². The third-order valence-electron chi connectivity index (χ3n) is 3.56. The van der Waals surface area contributed by atoms with Crippen molar-refractivity contribution in [3.05, 3.63) is 65.7 Å². The number of amides is 1. The highest BCUT2D eigenvalue weighted by atomic mass is 32.1. The summed E-state index contributed by atoms with van der Waals surface area (Å²) < 4.78 is 0. The lowest BCUT2D eigenvalue weighted by molar-refractivity contribution is -0.127. The molecule has 0 radical (unpaired) electrons. The fourth-order valence-electron chi connectivity index (χ4n) is 2.30. The summed E-state index contributed by atoms with van der Waals surface area (Å²) in [5.74, 6) is 0.0676. The van der Waals surface area contributed by atoms with Crippen LogP contribution in [0.15, 0.2) is 60.7 Å². The summed E-state index contributed by atoms with van der Waals surface area (Å²) in [7, 11) is 3.54. The summed E-state index contributed by atoms with van der Waals surface area (Å²) in [4.78, 5) is 19.5. The van der Waals surface area contributed by atoms with Crippen molar-refractivity contribution < 1.29 is 4.79 Å². The molecule has 0 atom stereocenters. The molecule has 0 saturated carbocycles. The molecule has 3 rings (SSSR count). The minimum absolute atomic E-state index is 0.0676. The Labute approximate surface area is 140 Å². The third kappa shape index (κ3) is 3.48. The molecule has 3 aromatic rings. The molecule has 0 bridgehead atoms. The molecule has 4 heteroatoms. The van der Waals surface area contributed by atoms with E-state index in [0.717, 1.165) is 26.7 Å². The zero-order valence-corrected chi connectivity index (χ0v) is 14.0. The van der Waals surface area contributed by atoms with Gasteiger partial charge in [-0.2, -0.15) is 0 Å². The number of aromatic nitrogens is 1. The lowest BCUT2D eigenvalue weighted by Crippen LogP contribution is -2.23. The second kappa shape index (κ2) is 6.75. The Bertz CT molecular complexity index is 738. The molecular formula is C19H18N2OS. The molecule has 0 fully saturated rings. The SMILES string of the molecule is CN(C)C(=O)Cc1nc(-c2ccccc2)c(-c2ccccc2)s1. The van der Waals surface area contributed by atoms with Crippen LogP contribution in [0.3, 0.4) is 0 Å². The van der Waals surface area contributed by atoms with Crippen LogP contribution in [0.25, 0.3) is 21.7 Å². The third-order valence-corrected chi connectivity index (χ3v) is 4.66. The van der Waals surface area contributed by atoms with Crippen LogP contribution in [0, 0.1) is 0 Å². The summed E-state index contributed by atoms with van der Waals surface area (Å²) >= 11 is 1.59. The van der Waals surface area contributed by atoms with E-state index in [-0.39, 0.29) is 5.91 Å². The molecule has 23 heavy (non-hydrogen) atoms. The van der Waals surface area contributed by atoms with E-state index in [0.29, 0.717) is 6.42 Å². The Balaban J connectivity index is 2.06. The summed E-state index contributed by atoms with van der Waals surface area (Å²) in [5.41, 5.74) is 3.15. The van der Waals surface area contributed by atoms with Crippen LogP contribution in [-0.4, -0.2) is 29.9 Å². The number of carbonyl (C=O) groups excluding carboxylic acids is 1. The standard InChI is InChI=1S/C19H18N2OS/c1-21(2)17(22)13-16-20-18(14-9-5-3-6-10-14)19(23-16)15-11-7-4-8-12-15/h3-12H,13H2,1-2H3. The van der Waals surface area contributed by atoms with E-state index in [9.17, 15) is 4.79 Å². The van der Waals surface area contributed by atoms with Crippen LogP contribution in [0.2, 0.25) is 0 Å². The van der Waals surface area contributed by atoms with Crippen LogP contribution in [0.4, 0.5) is 0 Å². The topological polar surface area (TPSA) is 33.2 Å². The lowest BCUT2D eigenvalue weighted by Gasteiger charge is -2.07. The van der Waals surface area contributed by atoms with E-state index < -0.39 is 0 Å². The van der Waals surface area contributed by atoms with E-state index in [2.05, 4.69) is 24.3 Å². The predicted octanol–water partition coefficient (Wildman–Crippen LogP) is 4.11. The molecule has 0 unspecified atom stereocenters. The van der Waals surface area contributed by atoms with Gasteiger partial charge in [-0.3, -0.25) is 4.79 Å². The smallest absolute Gasteiger partial charge is 0.228 e. The average Bonchev–Trinajstić information content (AvgIpc) is 3.00. The van der Waals surface area contributed by atoms with E-state index in [1.165, 1.54) is 0 Å². The first kappa shape index (κ1) is 15.4. The van der Waals surface area contributed by atoms with Crippen LogP contribution >= 0.6 is 11.3 Å². The van der Waals surface area contributed by atoms with E-state index in [1.807, 2.05) is 36.4 Å². The van der Waals surface area contributed by atoms with E-state index >= 15 is 0 Å². The van der Waals surface area contributed by atoms with Crippen molar-refractivity contribution in [3.63, 3.8) is 0 Å². The minimum atomic E-state index is 0.0676. The Hall–Kier alpha value is -2.46. The van der Waals surface area contributed by atoms with Crippen molar-refractivity contribution in [1.29, 1.82) is 0 Å². The van der Waals surface area contributed by atoms with E-state index in [1.54, 1.807) is 30.3 Å². The molecule has 0 N–H and O–H groups in total. The molecule has 0 saturated heterocycles. The first-order valence-corrected chi connectivity index (χ1v) is 8.27. The molecular weight excluding hydrogens is 304 g/mol. The fraction of sp³-hybridized carbons (Fsp3) is 0.158. The van der Waals surface area contributed by atoms with Crippen LogP contribution in [0.5, 0.6) is 0 Å². The van der Waals surface area contributed by atoms with Gasteiger partial charge in [-0.15, -0.1) is 11.3 Å². The second-order valence-electron chi connectivity index (χ2n) is 5.48. The highest BCUT2D eigenvalue weighted by molar-refractivity contribution is 7.15. The fourth-order valence-corrected chi connectivity index (χ4v) is 3.39. The monoisotopic (exact) mass is 322 g/mol. The van der Waals surface area contributed by atoms with Crippen molar-refractivity contribution in [3.8, 4) is 21.7 Å². The van der Waals surface area contributed by atoms with Gasteiger partial charge in [0.15, 0.2) is 0 Å². The predicted molar refractivity (Wildman–Crippen MR) is 95.4 cm³/mol. The van der Waals surface area contributed by atoms with Crippen molar-refractivity contribution >= 4 is 17.2 Å². The van der Waals surface area contributed by atoms with Gasteiger partial charge in [-0.1, -0.05) is 60.7 Å². The number of benzene rings is 2. The second-order valence-corrected chi connectivity index (χ2v) is 6.57. The minimum Gasteiger partial charge on any atom is -0.348 e. The average molecular weight is 322 g/mol. The van der Waals surface area contributed by atoms with Gasteiger partial charge in [-0.05, 0) is 5.56 Å². The molecule has 1 amide bonds. The lowest BCUT2D eigenvalue weighted by atomic mass is 10.1. The van der Waals surface area contributed by atoms with Gasteiger partial charge in [0, 0.05) is 19.7 Å². The summed E-state index contributed by atoms with van der Waals surface area (Å²) in [6.07, 6.45) is 0.338. The summed E-state index contributed by atoms with van der Waals surface area (Å²) in [6.45, 7) is 0. The highest BCUT2D eigenvalue weighted by Crippen LogP contribution is 2.36. The molecule has 2 aromatic carbocycles. The number of rotatable bonds is 4. The maximum absolute atomic E-state index is 12.0. The van der Waals surface area contributed by atoms with Crippen molar-refractivity contribution in [2.24, 2.45) is 0 Å². The zero-order chi connectivity index (χ0) is 16.2. The van der Waals surface area contributed by atoms with Gasteiger partial charge in [0.05, 0.1) is 17.0 Å². The first-order chi connectivity index (χ1) is 11.1. The normalized spacial score (nSPS) is 10.5. The Morgan fingerprint density at radius 1 is 0.957 bits per heavy atom. The molecule has 0 spiro atoms. The quantitative estimate of drug-likeness (QED) is 0.724. The largest absolute Gasteiger partial charge is 0.348 e. The number of likely N-dealkylation sites (N-methyl/N-ethyl adjacent to an activating group) is 1. The Kier molecular flexibility index (Phi) is 4.53. The van der Waals surface area contributed by atoms with Gasteiger partial charge >= 0.3 is 0 Å². The maximum atomic E-state index is 12.0. The zero-order valence-electron chi connectivity index (χ0n) is 13.2. The Morgan fingerprint density at radius 2 is 1.52 bits per heavy atom. The summed E-state index contributed by atoms with van der Waals surface area (Å²) in [5, 5.41) is 0.849. The van der Waals surface area contributed by atoms with Crippen LogP contribution < -0.4 is 0 Å². The number of nitrogens with zero attached hydrogens (tertiary/aromatic N) is 2. The van der Waals surface area contributed by atoms with Crippen LogP contribution in [-0.2, 0) is 11.2 Å².